The van der Waals surface area contributed by atoms with Gasteiger partial charge in [0.05, 0.1) is 17.4 Å². The molecule has 0 bridgehead atoms. The average Bonchev–Trinajstić information content (AvgIpc) is 3.14. The number of carbonyl (C=O) groups excluding carboxylic acids is 1. The molecule has 0 saturated carbocycles. The smallest absolute Gasteiger partial charge is 0.223 e. The molecule has 3 heterocycles. The Morgan fingerprint density at radius 3 is 3.00 bits per heavy atom. The molecule has 1 amide bonds. The second-order valence-corrected chi connectivity index (χ2v) is 5.68. The van der Waals surface area contributed by atoms with Gasteiger partial charge in [0.25, 0.3) is 0 Å². The van der Waals surface area contributed by atoms with E-state index in [0.717, 1.165) is 42.1 Å². The van der Waals surface area contributed by atoms with E-state index in [1.165, 1.54) is 0 Å². The van der Waals surface area contributed by atoms with E-state index in [0.29, 0.717) is 12.8 Å². The number of hydrogen-bond donors (Lipinski definition) is 0. The fraction of sp³-hybridized carbons (Fsp3) is 0.500. The van der Waals surface area contributed by atoms with E-state index in [1.807, 2.05) is 24.8 Å². The highest BCUT2D eigenvalue weighted by Crippen LogP contribution is 2.31. The van der Waals surface area contributed by atoms with Gasteiger partial charge < -0.3 is 9.42 Å². The molecular weight excluding hydrogens is 280 g/mol. The minimum Gasteiger partial charge on any atom is -0.361 e. The SMILES string of the molecule is Cc1noc(C)c1CCC(=O)N1CCCC1c1ccncn1. The van der Waals surface area contributed by atoms with E-state index in [-0.39, 0.29) is 11.9 Å². The normalized spacial score (nSPS) is 17.9. The van der Waals surface area contributed by atoms with Crippen LogP contribution in [0.15, 0.2) is 23.1 Å². The zero-order valence-electron chi connectivity index (χ0n) is 13.0. The quantitative estimate of drug-likeness (QED) is 0.867. The van der Waals surface area contributed by atoms with Crippen molar-refractivity contribution < 1.29 is 9.32 Å². The Hall–Kier alpha value is -2.24. The van der Waals surface area contributed by atoms with Crippen LogP contribution in [0.3, 0.4) is 0 Å². The van der Waals surface area contributed by atoms with Gasteiger partial charge >= 0.3 is 0 Å². The lowest BCUT2D eigenvalue weighted by atomic mass is 10.1. The molecule has 6 heteroatoms. The van der Waals surface area contributed by atoms with E-state index in [1.54, 1.807) is 12.5 Å². The van der Waals surface area contributed by atoms with Crippen molar-refractivity contribution in [3.63, 3.8) is 0 Å². The van der Waals surface area contributed by atoms with Gasteiger partial charge in [-0.25, -0.2) is 9.97 Å². The van der Waals surface area contributed by atoms with Crippen LogP contribution in [0.4, 0.5) is 0 Å². The van der Waals surface area contributed by atoms with Crippen molar-refractivity contribution in [2.45, 2.75) is 45.6 Å². The average molecular weight is 300 g/mol. The number of rotatable bonds is 4. The van der Waals surface area contributed by atoms with Crippen LogP contribution in [0.1, 0.15) is 48.0 Å². The molecule has 6 nitrogen and oxygen atoms in total. The summed E-state index contributed by atoms with van der Waals surface area (Å²) in [5.74, 6) is 0.972. The number of nitrogens with zero attached hydrogens (tertiary/aromatic N) is 4. The standard InChI is InChI=1S/C16H20N4O2/c1-11-13(12(2)22-19-11)5-6-16(21)20-9-3-4-15(20)14-7-8-17-10-18-14/h7-8,10,15H,3-6,9H2,1-2H3. The van der Waals surface area contributed by atoms with Crippen LogP contribution < -0.4 is 0 Å². The van der Waals surface area contributed by atoms with Crippen molar-refractivity contribution in [1.29, 1.82) is 0 Å². The Balaban J connectivity index is 1.67. The first-order chi connectivity index (χ1) is 10.7. The van der Waals surface area contributed by atoms with Gasteiger partial charge in [0.2, 0.25) is 5.91 Å². The first kappa shape index (κ1) is 14.7. The van der Waals surface area contributed by atoms with E-state index in [4.69, 9.17) is 4.52 Å². The van der Waals surface area contributed by atoms with Crippen molar-refractivity contribution >= 4 is 5.91 Å². The summed E-state index contributed by atoms with van der Waals surface area (Å²) in [5.41, 5.74) is 2.85. The molecule has 1 atom stereocenters. The van der Waals surface area contributed by atoms with Gasteiger partial charge in [0, 0.05) is 24.7 Å². The van der Waals surface area contributed by atoms with Gasteiger partial charge in [-0.15, -0.1) is 0 Å². The van der Waals surface area contributed by atoms with Crippen LogP contribution in [0.25, 0.3) is 0 Å². The Morgan fingerprint density at radius 2 is 2.32 bits per heavy atom. The lowest BCUT2D eigenvalue weighted by Crippen LogP contribution is -2.31. The van der Waals surface area contributed by atoms with Gasteiger partial charge in [-0.1, -0.05) is 5.16 Å². The molecule has 116 valence electrons. The minimum absolute atomic E-state index is 0.0835. The molecular formula is C16H20N4O2. The molecule has 3 rings (SSSR count). The van der Waals surface area contributed by atoms with Crippen LogP contribution >= 0.6 is 0 Å². The van der Waals surface area contributed by atoms with Crippen LogP contribution in [-0.2, 0) is 11.2 Å². The van der Waals surface area contributed by atoms with Gasteiger partial charge in [-0.3, -0.25) is 4.79 Å². The highest BCUT2D eigenvalue weighted by atomic mass is 16.5. The van der Waals surface area contributed by atoms with Crippen LogP contribution in [0, 0.1) is 13.8 Å². The van der Waals surface area contributed by atoms with Gasteiger partial charge in [-0.2, -0.15) is 0 Å². The molecule has 0 spiro atoms. The molecule has 0 aromatic carbocycles. The number of amides is 1. The summed E-state index contributed by atoms with van der Waals surface area (Å²) in [6, 6.07) is 1.98. The summed E-state index contributed by atoms with van der Waals surface area (Å²) in [5, 5.41) is 3.94. The summed E-state index contributed by atoms with van der Waals surface area (Å²) in [6.45, 7) is 4.60. The monoisotopic (exact) mass is 300 g/mol. The van der Waals surface area contributed by atoms with Gasteiger partial charge in [-0.05, 0) is 39.2 Å². The van der Waals surface area contributed by atoms with Crippen molar-refractivity contribution in [2.24, 2.45) is 0 Å². The highest BCUT2D eigenvalue weighted by molar-refractivity contribution is 5.77. The number of aryl methyl sites for hydroxylation is 2. The molecule has 1 unspecified atom stereocenters. The van der Waals surface area contributed by atoms with Crippen molar-refractivity contribution in [2.75, 3.05) is 6.54 Å². The van der Waals surface area contributed by atoms with Gasteiger partial charge in [0.15, 0.2) is 0 Å². The maximum Gasteiger partial charge on any atom is 0.223 e. The first-order valence-electron chi connectivity index (χ1n) is 7.64. The molecule has 22 heavy (non-hydrogen) atoms. The predicted octanol–water partition coefficient (Wildman–Crippen LogP) is 2.38. The number of carbonyl (C=O) groups is 1. The third-order valence-corrected chi connectivity index (χ3v) is 4.29. The second kappa shape index (κ2) is 6.25. The fourth-order valence-electron chi connectivity index (χ4n) is 3.11. The van der Waals surface area contributed by atoms with Gasteiger partial charge in [0.1, 0.15) is 12.1 Å². The number of hydrogen-bond acceptors (Lipinski definition) is 5. The maximum absolute atomic E-state index is 12.6. The largest absolute Gasteiger partial charge is 0.361 e. The van der Waals surface area contributed by atoms with Crippen LogP contribution in [0.2, 0.25) is 0 Å². The Bertz CT molecular complexity index is 634. The molecule has 0 aliphatic carbocycles. The highest BCUT2D eigenvalue weighted by Gasteiger charge is 2.30. The summed E-state index contributed by atoms with van der Waals surface area (Å²) >= 11 is 0. The fourth-order valence-corrected chi connectivity index (χ4v) is 3.11. The first-order valence-corrected chi connectivity index (χ1v) is 7.64. The Labute approximate surface area is 129 Å². The number of aromatic nitrogens is 3. The van der Waals surface area contributed by atoms with E-state index in [9.17, 15) is 4.79 Å². The molecule has 1 saturated heterocycles. The van der Waals surface area contributed by atoms with Crippen molar-refractivity contribution in [3.8, 4) is 0 Å². The minimum atomic E-state index is 0.0835. The predicted molar refractivity (Wildman–Crippen MR) is 80.0 cm³/mol. The molecule has 1 fully saturated rings. The lowest BCUT2D eigenvalue weighted by molar-refractivity contribution is -0.132. The van der Waals surface area contributed by atoms with Crippen molar-refractivity contribution in [1.82, 2.24) is 20.0 Å². The Morgan fingerprint density at radius 1 is 1.45 bits per heavy atom. The summed E-state index contributed by atoms with van der Waals surface area (Å²) < 4.78 is 5.15. The molecule has 1 aliphatic rings. The maximum atomic E-state index is 12.6. The molecule has 0 N–H and O–H groups in total. The van der Waals surface area contributed by atoms with Crippen LogP contribution in [-0.4, -0.2) is 32.5 Å². The summed E-state index contributed by atoms with van der Waals surface area (Å²) in [7, 11) is 0. The van der Waals surface area contributed by atoms with Crippen LogP contribution in [0.5, 0.6) is 0 Å². The molecule has 2 aromatic heterocycles. The lowest BCUT2D eigenvalue weighted by Gasteiger charge is -2.24. The zero-order chi connectivity index (χ0) is 15.5. The third-order valence-electron chi connectivity index (χ3n) is 4.29. The van der Waals surface area contributed by atoms with E-state index in [2.05, 4.69) is 15.1 Å². The Kier molecular flexibility index (Phi) is 4.18. The van der Waals surface area contributed by atoms with E-state index < -0.39 is 0 Å². The third kappa shape index (κ3) is 2.86. The zero-order valence-corrected chi connectivity index (χ0v) is 13.0. The second-order valence-electron chi connectivity index (χ2n) is 5.68. The van der Waals surface area contributed by atoms with E-state index >= 15 is 0 Å². The van der Waals surface area contributed by atoms with Crippen molar-refractivity contribution in [3.05, 3.63) is 41.3 Å². The topological polar surface area (TPSA) is 72.1 Å². The molecule has 2 aromatic rings. The molecule has 1 aliphatic heterocycles. The molecule has 0 radical (unpaired) electrons. The summed E-state index contributed by atoms with van der Waals surface area (Å²) in [4.78, 5) is 22.8. The number of likely N-dealkylation sites (tertiary alicyclic amines) is 1. The summed E-state index contributed by atoms with van der Waals surface area (Å²) in [6.07, 6.45) is 6.41.